The van der Waals surface area contributed by atoms with Gasteiger partial charge in [0, 0.05) is 23.6 Å². The maximum atomic E-state index is 12.5. The molecule has 3 aromatic rings. The lowest BCUT2D eigenvalue weighted by molar-refractivity contribution is 0.0948. The number of ether oxygens (including phenoxy) is 1. The average Bonchev–Trinajstić information content (AvgIpc) is 3.39. The van der Waals surface area contributed by atoms with Crippen LogP contribution >= 0.6 is 11.8 Å². The van der Waals surface area contributed by atoms with E-state index < -0.39 is 0 Å². The highest BCUT2D eigenvalue weighted by Crippen LogP contribution is 2.22. The summed E-state index contributed by atoms with van der Waals surface area (Å²) in [6, 6.07) is 11.2. The molecule has 9 heteroatoms. The highest BCUT2D eigenvalue weighted by Gasteiger charge is 2.18. The number of nitrogens with one attached hydrogen (secondary N) is 1. The van der Waals surface area contributed by atoms with Crippen LogP contribution in [-0.4, -0.2) is 48.7 Å². The van der Waals surface area contributed by atoms with Crippen molar-refractivity contribution in [2.75, 3.05) is 11.5 Å². The maximum Gasteiger partial charge on any atom is 0.251 e. The van der Waals surface area contributed by atoms with Crippen LogP contribution < -0.4 is 10.1 Å². The van der Waals surface area contributed by atoms with Crippen LogP contribution in [-0.2, 0) is 6.54 Å². The second-order valence-electron chi connectivity index (χ2n) is 6.51. The van der Waals surface area contributed by atoms with Crippen LogP contribution in [0.5, 0.6) is 5.88 Å². The van der Waals surface area contributed by atoms with Crippen LogP contribution in [0.4, 0.5) is 0 Å². The monoisotopic (exact) mass is 396 g/mol. The minimum absolute atomic E-state index is 0.162. The van der Waals surface area contributed by atoms with Gasteiger partial charge < -0.3 is 10.1 Å². The minimum Gasteiger partial charge on any atom is -0.473 e. The minimum atomic E-state index is -0.230. The molecule has 1 N–H and O–H groups in total. The van der Waals surface area contributed by atoms with Gasteiger partial charge in [0.05, 0.1) is 12.2 Å². The number of thioether (sulfide) groups is 1. The summed E-state index contributed by atoms with van der Waals surface area (Å²) in [5.74, 6) is 2.85. The van der Waals surface area contributed by atoms with Crippen LogP contribution in [0.2, 0.25) is 0 Å². The number of carbonyl (C=O) groups excluding carboxylic acids is 1. The number of carbonyl (C=O) groups is 1. The second-order valence-corrected chi connectivity index (χ2v) is 7.66. The SMILES string of the molecule is Cc1ccc(-n2nnnc2CNC(=O)c2ccnc(OC3CCSC3)c2)cc1. The van der Waals surface area contributed by atoms with E-state index in [-0.39, 0.29) is 18.6 Å². The van der Waals surface area contributed by atoms with Crippen LogP contribution in [0, 0.1) is 6.92 Å². The Labute approximate surface area is 166 Å². The van der Waals surface area contributed by atoms with E-state index in [1.807, 2.05) is 43.0 Å². The van der Waals surface area contributed by atoms with Crippen molar-refractivity contribution in [2.24, 2.45) is 0 Å². The first-order valence-electron chi connectivity index (χ1n) is 9.02. The summed E-state index contributed by atoms with van der Waals surface area (Å²) >= 11 is 1.87. The molecule has 4 rings (SSSR count). The zero-order chi connectivity index (χ0) is 19.3. The Morgan fingerprint density at radius 2 is 2.18 bits per heavy atom. The third kappa shape index (κ3) is 4.30. The molecule has 0 bridgehead atoms. The molecule has 1 fully saturated rings. The topological polar surface area (TPSA) is 94.8 Å². The Kier molecular flexibility index (Phi) is 5.52. The lowest BCUT2D eigenvalue weighted by atomic mass is 10.2. The number of hydrogen-bond acceptors (Lipinski definition) is 7. The molecule has 0 radical (unpaired) electrons. The molecule has 0 aliphatic carbocycles. The first kappa shape index (κ1) is 18.4. The molecule has 2 aromatic heterocycles. The highest BCUT2D eigenvalue weighted by atomic mass is 32.2. The van der Waals surface area contributed by atoms with E-state index in [1.165, 1.54) is 0 Å². The van der Waals surface area contributed by atoms with Gasteiger partial charge in [0.15, 0.2) is 5.82 Å². The van der Waals surface area contributed by atoms with Gasteiger partial charge >= 0.3 is 0 Å². The first-order valence-corrected chi connectivity index (χ1v) is 10.2. The molecule has 1 amide bonds. The summed E-state index contributed by atoms with van der Waals surface area (Å²) < 4.78 is 7.46. The fourth-order valence-corrected chi connectivity index (χ4v) is 3.95. The zero-order valence-electron chi connectivity index (χ0n) is 15.4. The summed E-state index contributed by atoms with van der Waals surface area (Å²) in [7, 11) is 0. The number of pyridine rings is 1. The predicted octanol–water partition coefficient (Wildman–Crippen LogP) is 2.18. The predicted molar refractivity (Wildman–Crippen MR) is 106 cm³/mol. The standard InChI is InChI=1S/C19H20N6O2S/c1-13-2-4-15(5-3-13)25-17(22-23-24-25)11-21-19(26)14-6-8-20-18(10-14)27-16-7-9-28-12-16/h2-6,8,10,16H,7,9,11-12H2,1H3,(H,21,26). The van der Waals surface area contributed by atoms with Gasteiger partial charge in [0.1, 0.15) is 6.10 Å². The number of aromatic nitrogens is 5. The number of benzene rings is 1. The van der Waals surface area contributed by atoms with Crippen LogP contribution in [0.15, 0.2) is 42.6 Å². The van der Waals surface area contributed by atoms with Crippen molar-refractivity contribution >= 4 is 17.7 Å². The van der Waals surface area contributed by atoms with Gasteiger partial charge in [-0.15, -0.1) is 5.10 Å². The summed E-state index contributed by atoms with van der Waals surface area (Å²) in [6.07, 6.45) is 2.75. The van der Waals surface area contributed by atoms with E-state index in [2.05, 4.69) is 25.8 Å². The van der Waals surface area contributed by atoms with Crippen LogP contribution in [0.25, 0.3) is 5.69 Å². The Morgan fingerprint density at radius 3 is 2.96 bits per heavy atom. The van der Waals surface area contributed by atoms with Gasteiger partial charge in [-0.3, -0.25) is 4.79 Å². The van der Waals surface area contributed by atoms with Gasteiger partial charge in [-0.1, -0.05) is 17.7 Å². The van der Waals surface area contributed by atoms with E-state index in [1.54, 1.807) is 23.0 Å². The molecule has 28 heavy (non-hydrogen) atoms. The number of aryl methyl sites for hydroxylation is 1. The third-order valence-corrected chi connectivity index (χ3v) is 5.52. The van der Waals surface area contributed by atoms with Gasteiger partial charge in [0.2, 0.25) is 5.88 Å². The Morgan fingerprint density at radius 1 is 1.32 bits per heavy atom. The number of rotatable bonds is 6. The van der Waals surface area contributed by atoms with Gasteiger partial charge in [0.25, 0.3) is 5.91 Å². The highest BCUT2D eigenvalue weighted by molar-refractivity contribution is 7.99. The van der Waals surface area contributed by atoms with Crippen molar-refractivity contribution in [1.82, 2.24) is 30.5 Å². The molecule has 144 valence electrons. The van der Waals surface area contributed by atoms with E-state index >= 15 is 0 Å². The fraction of sp³-hybridized carbons (Fsp3) is 0.316. The molecule has 3 heterocycles. The molecule has 1 aliphatic heterocycles. The number of hydrogen-bond donors (Lipinski definition) is 1. The number of amides is 1. The summed E-state index contributed by atoms with van der Waals surface area (Å²) in [5.41, 5.74) is 2.48. The summed E-state index contributed by atoms with van der Waals surface area (Å²) in [6.45, 7) is 2.22. The smallest absolute Gasteiger partial charge is 0.251 e. The molecule has 1 atom stereocenters. The van der Waals surface area contributed by atoms with Crippen LogP contribution in [0.1, 0.15) is 28.2 Å². The maximum absolute atomic E-state index is 12.5. The van der Waals surface area contributed by atoms with Crippen molar-refractivity contribution in [3.63, 3.8) is 0 Å². The number of tetrazole rings is 1. The summed E-state index contributed by atoms with van der Waals surface area (Å²) in [5, 5.41) is 14.6. The molecular formula is C19H20N6O2S. The summed E-state index contributed by atoms with van der Waals surface area (Å²) in [4.78, 5) is 16.8. The Balaban J connectivity index is 1.41. The molecule has 1 aliphatic rings. The van der Waals surface area contributed by atoms with E-state index in [9.17, 15) is 4.79 Å². The average molecular weight is 396 g/mol. The van der Waals surface area contributed by atoms with Crippen LogP contribution in [0.3, 0.4) is 0 Å². The van der Waals surface area contributed by atoms with E-state index in [0.717, 1.165) is 29.2 Å². The van der Waals surface area contributed by atoms with Gasteiger partial charge in [-0.2, -0.15) is 16.4 Å². The van der Waals surface area contributed by atoms with E-state index in [0.29, 0.717) is 17.3 Å². The van der Waals surface area contributed by atoms with Crippen molar-refractivity contribution in [2.45, 2.75) is 26.0 Å². The molecule has 1 unspecified atom stereocenters. The lowest BCUT2D eigenvalue weighted by Crippen LogP contribution is -2.25. The largest absolute Gasteiger partial charge is 0.473 e. The van der Waals surface area contributed by atoms with Gasteiger partial charge in [-0.05, 0) is 47.7 Å². The molecular weight excluding hydrogens is 376 g/mol. The molecule has 0 spiro atoms. The number of nitrogens with zero attached hydrogens (tertiary/aromatic N) is 5. The zero-order valence-corrected chi connectivity index (χ0v) is 16.2. The van der Waals surface area contributed by atoms with Crippen molar-refractivity contribution in [3.05, 3.63) is 59.5 Å². The first-order chi connectivity index (χ1) is 13.7. The fourth-order valence-electron chi connectivity index (χ4n) is 2.86. The molecule has 8 nitrogen and oxygen atoms in total. The molecule has 0 saturated carbocycles. The van der Waals surface area contributed by atoms with Crippen molar-refractivity contribution in [3.8, 4) is 11.6 Å². The Bertz CT molecular complexity index is 953. The Hall–Kier alpha value is -2.94. The lowest BCUT2D eigenvalue weighted by Gasteiger charge is -2.12. The molecule has 1 aromatic carbocycles. The van der Waals surface area contributed by atoms with Crippen molar-refractivity contribution in [1.29, 1.82) is 0 Å². The third-order valence-electron chi connectivity index (χ3n) is 4.39. The van der Waals surface area contributed by atoms with Gasteiger partial charge in [-0.25, -0.2) is 4.98 Å². The van der Waals surface area contributed by atoms with Crippen molar-refractivity contribution < 1.29 is 9.53 Å². The van der Waals surface area contributed by atoms with E-state index in [4.69, 9.17) is 4.74 Å². The normalized spacial score (nSPS) is 16.1. The molecule has 1 saturated heterocycles. The second kappa shape index (κ2) is 8.39. The quantitative estimate of drug-likeness (QED) is 0.682.